The summed E-state index contributed by atoms with van der Waals surface area (Å²) < 4.78 is 0. The molecule has 0 aliphatic heterocycles. The van der Waals surface area contributed by atoms with Crippen molar-refractivity contribution in [1.29, 1.82) is 0 Å². The molecule has 0 atom stereocenters. The lowest BCUT2D eigenvalue weighted by molar-refractivity contribution is 0.0209. The number of benzene rings is 1. The lowest BCUT2D eigenvalue weighted by Crippen LogP contribution is -2.51. The molecule has 1 saturated carbocycles. The summed E-state index contributed by atoms with van der Waals surface area (Å²) in [6, 6.07) is 8.38. The molecule has 1 aliphatic carbocycles. The maximum Gasteiger partial charge on any atom is 0.0582 e. The normalized spacial score (nSPS) is 31.2. The monoisotopic (exact) mass is 191 g/mol. The van der Waals surface area contributed by atoms with Gasteiger partial charge in [0.1, 0.15) is 0 Å². The molecule has 0 aromatic heterocycles. The molecule has 2 rings (SSSR count). The SMILES string of the molecule is CCc1cccc(C2(N)CC(O)C2)c1. The average molecular weight is 191 g/mol. The Labute approximate surface area is 84.7 Å². The van der Waals surface area contributed by atoms with Crippen molar-refractivity contribution >= 4 is 0 Å². The molecule has 0 saturated heterocycles. The van der Waals surface area contributed by atoms with Crippen LogP contribution in [0.15, 0.2) is 24.3 Å². The standard InChI is InChI=1S/C12H17NO/c1-2-9-4-3-5-10(6-9)12(13)7-11(14)8-12/h3-6,11,14H,2,7-8,13H2,1H3. The van der Waals surface area contributed by atoms with Crippen molar-refractivity contribution in [2.75, 3.05) is 0 Å². The molecule has 2 nitrogen and oxygen atoms in total. The maximum atomic E-state index is 9.29. The van der Waals surface area contributed by atoms with E-state index < -0.39 is 0 Å². The predicted molar refractivity (Wildman–Crippen MR) is 56.9 cm³/mol. The molecule has 0 bridgehead atoms. The van der Waals surface area contributed by atoms with Crippen LogP contribution < -0.4 is 5.73 Å². The molecule has 0 unspecified atom stereocenters. The van der Waals surface area contributed by atoms with Crippen molar-refractivity contribution in [1.82, 2.24) is 0 Å². The number of hydrogen-bond acceptors (Lipinski definition) is 2. The average Bonchev–Trinajstić information content (AvgIpc) is 2.16. The van der Waals surface area contributed by atoms with Crippen molar-refractivity contribution in [2.45, 2.75) is 37.8 Å². The van der Waals surface area contributed by atoms with Crippen LogP contribution in [0.3, 0.4) is 0 Å². The fraction of sp³-hybridized carbons (Fsp3) is 0.500. The largest absolute Gasteiger partial charge is 0.393 e. The molecule has 14 heavy (non-hydrogen) atoms. The van der Waals surface area contributed by atoms with E-state index in [1.54, 1.807) is 0 Å². The van der Waals surface area contributed by atoms with Crippen LogP contribution in [0.1, 0.15) is 30.9 Å². The Hall–Kier alpha value is -0.860. The summed E-state index contributed by atoms with van der Waals surface area (Å²) in [5, 5.41) is 9.29. The van der Waals surface area contributed by atoms with Crippen LogP contribution in [0.25, 0.3) is 0 Å². The van der Waals surface area contributed by atoms with Gasteiger partial charge in [0.15, 0.2) is 0 Å². The van der Waals surface area contributed by atoms with E-state index >= 15 is 0 Å². The zero-order valence-electron chi connectivity index (χ0n) is 8.53. The summed E-state index contributed by atoms with van der Waals surface area (Å²) >= 11 is 0. The van der Waals surface area contributed by atoms with E-state index in [0.717, 1.165) is 6.42 Å². The number of rotatable bonds is 2. The highest BCUT2D eigenvalue weighted by atomic mass is 16.3. The molecule has 0 spiro atoms. The topological polar surface area (TPSA) is 46.2 Å². The van der Waals surface area contributed by atoms with Gasteiger partial charge in [0.05, 0.1) is 6.10 Å². The molecule has 1 aliphatic rings. The minimum Gasteiger partial charge on any atom is -0.393 e. The van der Waals surface area contributed by atoms with Crippen LogP contribution in [0.5, 0.6) is 0 Å². The van der Waals surface area contributed by atoms with Crippen molar-refractivity contribution in [3.05, 3.63) is 35.4 Å². The first-order valence-corrected chi connectivity index (χ1v) is 5.20. The highest BCUT2D eigenvalue weighted by Crippen LogP contribution is 2.39. The Morgan fingerprint density at radius 2 is 2.21 bits per heavy atom. The van der Waals surface area contributed by atoms with Gasteiger partial charge in [-0.05, 0) is 30.4 Å². The predicted octanol–water partition coefficient (Wildman–Crippen LogP) is 1.56. The third-order valence-electron chi connectivity index (χ3n) is 3.11. The van der Waals surface area contributed by atoms with Gasteiger partial charge in [-0.25, -0.2) is 0 Å². The van der Waals surface area contributed by atoms with E-state index in [-0.39, 0.29) is 11.6 Å². The van der Waals surface area contributed by atoms with Crippen molar-refractivity contribution in [3.63, 3.8) is 0 Å². The number of aryl methyl sites for hydroxylation is 1. The quantitative estimate of drug-likeness (QED) is 0.745. The zero-order valence-corrected chi connectivity index (χ0v) is 8.53. The number of hydrogen-bond donors (Lipinski definition) is 2. The summed E-state index contributed by atoms with van der Waals surface area (Å²) in [5.74, 6) is 0. The van der Waals surface area contributed by atoms with E-state index in [1.165, 1.54) is 11.1 Å². The minimum absolute atomic E-state index is 0.203. The summed E-state index contributed by atoms with van der Waals surface area (Å²) in [7, 11) is 0. The van der Waals surface area contributed by atoms with Gasteiger partial charge >= 0.3 is 0 Å². The lowest BCUT2D eigenvalue weighted by Gasteiger charge is -2.42. The first kappa shape index (κ1) is 9.69. The van der Waals surface area contributed by atoms with Crippen molar-refractivity contribution in [2.24, 2.45) is 5.73 Å². The van der Waals surface area contributed by atoms with Gasteiger partial charge in [-0.2, -0.15) is 0 Å². The molecular weight excluding hydrogens is 174 g/mol. The molecule has 76 valence electrons. The van der Waals surface area contributed by atoms with Gasteiger partial charge in [0, 0.05) is 5.54 Å². The molecular formula is C12H17NO. The Balaban J connectivity index is 2.24. The van der Waals surface area contributed by atoms with Crippen LogP contribution in [0, 0.1) is 0 Å². The third kappa shape index (κ3) is 1.56. The van der Waals surface area contributed by atoms with Gasteiger partial charge in [-0.1, -0.05) is 31.2 Å². The van der Waals surface area contributed by atoms with E-state index in [4.69, 9.17) is 5.73 Å². The van der Waals surface area contributed by atoms with Crippen LogP contribution in [-0.4, -0.2) is 11.2 Å². The summed E-state index contributed by atoms with van der Waals surface area (Å²) in [4.78, 5) is 0. The fourth-order valence-corrected chi connectivity index (χ4v) is 2.12. The number of aliphatic hydroxyl groups excluding tert-OH is 1. The Bertz CT molecular complexity index is 329. The Morgan fingerprint density at radius 3 is 2.79 bits per heavy atom. The van der Waals surface area contributed by atoms with Gasteiger partial charge in [-0.15, -0.1) is 0 Å². The van der Waals surface area contributed by atoms with Crippen molar-refractivity contribution in [3.8, 4) is 0 Å². The summed E-state index contributed by atoms with van der Waals surface area (Å²) in [6.45, 7) is 2.14. The molecule has 0 amide bonds. The van der Waals surface area contributed by atoms with E-state index in [1.807, 2.05) is 6.07 Å². The fourth-order valence-electron chi connectivity index (χ4n) is 2.12. The highest BCUT2D eigenvalue weighted by molar-refractivity contribution is 5.31. The van der Waals surface area contributed by atoms with Crippen LogP contribution >= 0.6 is 0 Å². The Morgan fingerprint density at radius 1 is 1.50 bits per heavy atom. The first-order chi connectivity index (χ1) is 6.64. The first-order valence-electron chi connectivity index (χ1n) is 5.20. The van der Waals surface area contributed by atoms with Gasteiger partial charge < -0.3 is 10.8 Å². The van der Waals surface area contributed by atoms with Gasteiger partial charge in [0.25, 0.3) is 0 Å². The molecule has 3 N–H and O–H groups in total. The lowest BCUT2D eigenvalue weighted by atomic mass is 9.70. The summed E-state index contributed by atoms with van der Waals surface area (Å²) in [5.41, 5.74) is 8.39. The van der Waals surface area contributed by atoms with Crippen LogP contribution in [0.4, 0.5) is 0 Å². The molecule has 1 aromatic carbocycles. The van der Waals surface area contributed by atoms with E-state index in [9.17, 15) is 5.11 Å². The molecule has 0 heterocycles. The second-order valence-corrected chi connectivity index (χ2v) is 4.27. The minimum atomic E-state index is -0.273. The third-order valence-corrected chi connectivity index (χ3v) is 3.11. The maximum absolute atomic E-state index is 9.29. The van der Waals surface area contributed by atoms with E-state index in [2.05, 4.69) is 25.1 Å². The van der Waals surface area contributed by atoms with E-state index in [0.29, 0.717) is 12.8 Å². The second kappa shape index (κ2) is 3.37. The Kier molecular flexibility index (Phi) is 2.33. The molecule has 1 aromatic rings. The molecule has 0 radical (unpaired) electrons. The number of nitrogens with two attached hydrogens (primary N) is 1. The second-order valence-electron chi connectivity index (χ2n) is 4.27. The molecule has 1 fully saturated rings. The summed E-state index contributed by atoms with van der Waals surface area (Å²) in [6.07, 6.45) is 2.22. The van der Waals surface area contributed by atoms with Crippen molar-refractivity contribution < 1.29 is 5.11 Å². The zero-order chi connectivity index (χ0) is 10.2. The highest BCUT2D eigenvalue weighted by Gasteiger charge is 2.41. The van der Waals surface area contributed by atoms with Crippen LogP contribution in [0.2, 0.25) is 0 Å². The smallest absolute Gasteiger partial charge is 0.0582 e. The van der Waals surface area contributed by atoms with Gasteiger partial charge in [0.2, 0.25) is 0 Å². The van der Waals surface area contributed by atoms with Gasteiger partial charge in [-0.3, -0.25) is 0 Å². The molecule has 2 heteroatoms. The number of aliphatic hydroxyl groups is 1. The van der Waals surface area contributed by atoms with Crippen LogP contribution in [-0.2, 0) is 12.0 Å².